The van der Waals surface area contributed by atoms with Crippen molar-refractivity contribution in [3.8, 4) is 0 Å². The van der Waals surface area contributed by atoms with E-state index in [1.165, 1.54) is 27.2 Å². The first-order valence-electron chi connectivity index (χ1n) is 10.6. The maximum atomic E-state index is 14.0. The number of benzene rings is 3. The van der Waals surface area contributed by atoms with Gasteiger partial charge in [0, 0.05) is 18.3 Å². The molecule has 3 aromatic rings. The van der Waals surface area contributed by atoms with Crippen LogP contribution in [0.3, 0.4) is 0 Å². The molecule has 0 N–H and O–H groups in total. The molecule has 3 nitrogen and oxygen atoms in total. The minimum atomic E-state index is -0.691. The second kappa shape index (κ2) is 5.91. The molecule has 30 heavy (non-hydrogen) atoms. The molecule has 2 amide bonds. The van der Waals surface area contributed by atoms with Crippen molar-refractivity contribution in [3.05, 3.63) is 100 Å². The summed E-state index contributed by atoms with van der Waals surface area (Å²) in [5.74, 6) is -0.0118. The van der Waals surface area contributed by atoms with Crippen LogP contribution >= 0.6 is 0 Å². The zero-order valence-corrected chi connectivity index (χ0v) is 17.2. The van der Waals surface area contributed by atoms with Crippen LogP contribution in [-0.2, 0) is 9.59 Å². The standard InChI is InChI=1S/C27H23NO2/c1-16-11-12-18(13-17(16)2)28-24(29)15-27(26(28)30)14-23-19-7-3-5-9-21(19)25(27)22-10-6-4-8-20(22)23/h3-13,23,25H,14-15H2,1-2H3. The van der Waals surface area contributed by atoms with Crippen LogP contribution in [0, 0.1) is 19.3 Å². The lowest BCUT2D eigenvalue weighted by molar-refractivity contribution is -0.127. The Kier molecular flexibility index (Phi) is 3.48. The number of amides is 2. The number of imide groups is 1. The van der Waals surface area contributed by atoms with E-state index in [4.69, 9.17) is 0 Å². The highest BCUT2D eigenvalue weighted by Gasteiger charge is 2.62. The van der Waals surface area contributed by atoms with Crippen molar-refractivity contribution >= 4 is 17.5 Å². The number of carbonyl (C=O) groups excluding carboxylic acids is 2. The lowest BCUT2D eigenvalue weighted by Crippen LogP contribution is -2.47. The molecule has 0 radical (unpaired) electrons. The summed E-state index contributed by atoms with van der Waals surface area (Å²) in [6.45, 7) is 4.07. The minimum Gasteiger partial charge on any atom is -0.274 e. The van der Waals surface area contributed by atoms with Crippen LogP contribution in [0.2, 0.25) is 0 Å². The monoisotopic (exact) mass is 393 g/mol. The first-order chi connectivity index (χ1) is 14.5. The van der Waals surface area contributed by atoms with Crippen molar-refractivity contribution in [1.29, 1.82) is 0 Å². The summed E-state index contributed by atoms with van der Waals surface area (Å²) in [5, 5.41) is 0. The summed E-state index contributed by atoms with van der Waals surface area (Å²) >= 11 is 0. The Hall–Kier alpha value is -3.20. The van der Waals surface area contributed by atoms with Crippen LogP contribution < -0.4 is 4.90 Å². The molecule has 1 spiro atoms. The van der Waals surface area contributed by atoms with Gasteiger partial charge in [0.1, 0.15) is 0 Å². The topological polar surface area (TPSA) is 37.4 Å². The van der Waals surface area contributed by atoms with Gasteiger partial charge in [0.05, 0.1) is 11.1 Å². The lowest BCUT2D eigenvalue weighted by Gasteiger charge is -2.50. The molecule has 4 aliphatic rings. The van der Waals surface area contributed by atoms with Gasteiger partial charge >= 0.3 is 0 Å². The summed E-state index contributed by atoms with van der Waals surface area (Å²) in [6.07, 6.45) is 0.986. The van der Waals surface area contributed by atoms with Gasteiger partial charge in [-0.15, -0.1) is 0 Å². The van der Waals surface area contributed by atoms with Gasteiger partial charge in [-0.2, -0.15) is 0 Å². The molecule has 7 rings (SSSR count). The SMILES string of the molecule is Cc1ccc(N2C(=O)CC3(CC4c5ccccc5C3c3ccccc34)C2=O)cc1C. The maximum absolute atomic E-state index is 14.0. The zero-order chi connectivity index (χ0) is 20.6. The smallest absolute Gasteiger partial charge is 0.241 e. The van der Waals surface area contributed by atoms with Gasteiger partial charge in [-0.05, 0) is 65.8 Å². The maximum Gasteiger partial charge on any atom is 0.241 e. The van der Waals surface area contributed by atoms with Crippen molar-refractivity contribution in [2.45, 2.75) is 38.5 Å². The lowest BCUT2D eigenvalue weighted by atomic mass is 9.51. The normalized spacial score (nSPS) is 26.3. The van der Waals surface area contributed by atoms with Gasteiger partial charge in [-0.1, -0.05) is 54.6 Å². The van der Waals surface area contributed by atoms with Crippen LogP contribution in [0.1, 0.15) is 58.1 Å². The van der Waals surface area contributed by atoms with Crippen molar-refractivity contribution in [2.75, 3.05) is 4.90 Å². The van der Waals surface area contributed by atoms with Crippen molar-refractivity contribution in [3.63, 3.8) is 0 Å². The summed E-state index contributed by atoms with van der Waals surface area (Å²) in [4.78, 5) is 28.7. The summed E-state index contributed by atoms with van der Waals surface area (Å²) in [7, 11) is 0. The van der Waals surface area contributed by atoms with Gasteiger partial charge in [-0.3, -0.25) is 14.5 Å². The highest BCUT2D eigenvalue weighted by Crippen LogP contribution is 2.64. The average Bonchev–Trinajstić information content (AvgIpc) is 2.99. The Morgan fingerprint density at radius 2 is 1.40 bits per heavy atom. The van der Waals surface area contributed by atoms with E-state index in [1.807, 2.05) is 32.0 Å². The molecule has 3 aliphatic carbocycles. The van der Waals surface area contributed by atoms with Crippen LogP contribution in [0.25, 0.3) is 0 Å². The molecule has 1 atom stereocenters. The van der Waals surface area contributed by atoms with Crippen molar-refractivity contribution in [1.82, 2.24) is 0 Å². The largest absolute Gasteiger partial charge is 0.274 e. The molecule has 1 saturated heterocycles. The molecular weight excluding hydrogens is 370 g/mol. The molecule has 1 fully saturated rings. The predicted molar refractivity (Wildman–Crippen MR) is 117 cm³/mol. The number of aryl methyl sites for hydroxylation is 2. The first-order valence-corrected chi connectivity index (χ1v) is 10.6. The van der Waals surface area contributed by atoms with Gasteiger partial charge in [-0.25, -0.2) is 0 Å². The summed E-state index contributed by atoms with van der Waals surface area (Å²) < 4.78 is 0. The molecule has 2 bridgehead atoms. The van der Waals surface area contributed by atoms with E-state index in [-0.39, 0.29) is 30.1 Å². The van der Waals surface area contributed by atoms with E-state index in [0.29, 0.717) is 12.1 Å². The van der Waals surface area contributed by atoms with Crippen LogP contribution in [0.5, 0.6) is 0 Å². The number of carbonyl (C=O) groups is 2. The van der Waals surface area contributed by atoms with Gasteiger partial charge < -0.3 is 0 Å². The van der Waals surface area contributed by atoms with E-state index >= 15 is 0 Å². The molecule has 1 aliphatic heterocycles. The van der Waals surface area contributed by atoms with Crippen molar-refractivity contribution < 1.29 is 9.59 Å². The number of rotatable bonds is 1. The Balaban J connectivity index is 1.53. The van der Waals surface area contributed by atoms with Gasteiger partial charge in [0.2, 0.25) is 11.8 Å². The second-order valence-corrected chi connectivity index (χ2v) is 9.08. The Morgan fingerprint density at radius 3 is 2.00 bits per heavy atom. The number of anilines is 1. The molecule has 0 saturated carbocycles. The third kappa shape index (κ3) is 2.10. The molecule has 1 heterocycles. The fraction of sp³-hybridized carbons (Fsp3) is 0.259. The highest BCUT2D eigenvalue weighted by atomic mass is 16.2. The summed E-state index contributed by atoms with van der Waals surface area (Å²) in [6, 6.07) is 22.8. The third-order valence-electron chi connectivity index (χ3n) is 7.58. The summed E-state index contributed by atoms with van der Waals surface area (Å²) in [5.41, 5.74) is 7.33. The Bertz CT molecular complexity index is 1200. The molecular formula is C27H23NO2. The van der Waals surface area contributed by atoms with Gasteiger partial charge in [0.15, 0.2) is 0 Å². The molecule has 0 aromatic heterocycles. The van der Waals surface area contributed by atoms with Crippen LogP contribution in [-0.4, -0.2) is 11.8 Å². The van der Waals surface area contributed by atoms with E-state index in [2.05, 4.69) is 48.5 Å². The third-order valence-corrected chi connectivity index (χ3v) is 7.58. The fourth-order valence-corrected chi connectivity index (χ4v) is 6.09. The number of hydrogen-bond donors (Lipinski definition) is 0. The number of hydrogen-bond acceptors (Lipinski definition) is 2. The highest BCUT2D eigenvalue weighted by molar-refractivity contribution is 6.23. The second-order valence-electron chi connectivity index (χ2n) is 9.08. The van der Waals surface area contributed by atoms with E-state index < -0.39 is 5.41 Å². The molecule has 148 valence electrons. The fourth-order valence-electron chi connectivity index (χ4n) is 6.09. The number of nitrogens with zero attached hydrogens (tertiary/aromatic N) is 1. The van der Waals surface area contributed by atoms with Crippen molar-refractivity contribution in [2.24, 2.45) is 5.41 Å². The molecule has 3 heteroatoms. The van der Waals surface area contributed by atoms with E-state index in [0.717, 1.165) is 11.1 Å². The average molecular weight is 393 g/mol. The quantitative estimate of drug-likeness (QED) is 0.531. The van der Waals surface area contributed by atoms with Crippen LogP contribution in [0.4, 0.5) is 5.69 Å². The predicted octanol–water partition coefficient (Wildman–Crippen LogP) is 5.23. The van der Waals surface area contributed by atoms with E-state index in [9.17, 15) is 9.59 Å². The first kappa shape index (κ1) is 17.6. The van der Waals surface area contributed by atoms with E-state index in [1.54, 1.807) is 0 Å². The Labute approximate surface area is 176 Å². The van der Waals surface area contributed by atoms with Gasteiger partial charge in [0.25, 0.3) is 0 Å². The minimum absolute atomic E-state index is 0.0326. The van der Waals surface area contributed by atoms with Crippen LogP contribution in [0.15, 0.2) is 66.7 Å². The Morgan fingerprint density at radius 1 is 0.800 bits per heavy atom. The molecule has 3 aromatic carbocycles. The zero-order valence-electron chi connectivity index (χ0n) is 17.2. The molecule has 1 unspecified atom stereocenters.